The van der Waals surface area contributed by atoms with Crippen LogP contribution in [-0.2, 0) is 9.53 Å². The number of aromatic nitrogens is 1. The van der Waals surface area contributed by atoms with Crippen LogP contribution >= 0.6 is 11.6 Å². The van der Waals surface area contributed by atoms with Gasteiger partial charge >= 0.3 is 0 Å². The van der Waals surface area contributed by atoms with Gasteiger partial charge < -0.3 is 20.5 Å². The summed E-state index contributed by atoms with van der Waals surface area (Å²) in [6.45, 7) is 2.79. The van der Waals surface area contributed by atoms with Gasteiger partial charge in [-0.1, -0.05) is 11.6 Å². The molecule has 7 nitrogen and oxygen atoms in total. The van der Waals surface area contributed by atoms with Crippen molar-refractivity contribution in [2.24, 2.45) is 5.73 Å². The van der Waals surface area contributed by atoms with Gasteiger partial charge in [0.25, 0.3) is 5.91 Å². The molecule has 0 bridgehead atoms. The summed E-state index contributed by atoms with van der Waals surface area (Å²) in [6, 6.07) is 0.677. The molecule has 120 valence electrons. The molecule has 2 heterocycles. The largest absolute Gasteiger partial charge is 0.473 e. The molecular weight excluding hydrogens is 310 g/mol. The fourth-order valence-corrected chi connectivity index (χ4v) is 2.15. The van der Waals surface area contributed by atoms with Crippen molar-refractivity contribution in [1.29, 1.82) is 0 Å². The maximum atomic E-state index is 11.9. The van der Waals surface area contributed by atoms with Crippen molar-refractivity contribution in [2.45, 2.75) is 31.9 Å². The summed E-state index contributed by atoms with van der Waals surface area (Å²) in [5, 5.41) is 2.70. The molecule has 2 amide bonds. The van der Waals surface area contributed by atoms with Crippen molar-refractivity contribution in [3.05, 3.63) is 22.8 Å². The van der Waals surface area contributed by atoms with E-state index in [2.05, 4.69) is 10.3 Å². The molecule has 1 aliphatic heterocycles. The van der Waals surface area contributed by atoms with Crippen LogP contribution in [0.1, 0.15) is 30.1 Å². The van der Waals surface area contributed by atoms with E-state index in [1.165, 1.54) is 19.2 Å². The van der Waals surface area contributed by atoms with Gasteiger partial charge in [0.15, 0.2) is 0 Å². The minimum atomic E-state index is -0.774. The number of nitrogens with one attached hydrogen (secondary N) is 1. The van der Waals surface area contributed by atoms with Crippen molar-refractivity contribution in [3.8, 4) is 5.88 Å². The Bertz CT molecular complexity index is 561. The van der Waals surface area contributed by atoms with Gasteiger partial charge in [0.2, 0.25) is 11.8 Å². The van der Waals surface area contributed by atoms with E-state index in [1.54, 1.807) is 0 Å². The van der Waals surface area contributed by atoms with Gasteiger partial charge in [0, 0.05) is 19.0 Å². The molecule has 0 aromatic carbocycles. The number of ether oxygens (including phenoxy) is 2. The lowest BCUT2D eigenvalue weighted by Gasteiger charge is -2.23. The maximum absolute atomic E-state index is 11.9. The van der Waals surface area contributed by atoms with Gasteiger partial charge in [0.05, 0.1) is 18.8 Å². The molecule has 1 saturated heterocycles. The number of halogens is 1. The smallest absolute Gasteiger partial charge is 0.253 e. The maximum Gasteiger partial charge on any atom is 0.253 e. The molecule has 0 saturated carbocycles. The SMILES string of the molecule is C[C@@H](NC(=O)c1cnc(OC2CCOCC2)c(Cl)c1)C(N)=O. The number of carbonyl (C=O) groups is 2. The number of nitrogens with zero attached hydrogens (tertiary/aromatic N) is 1. The van der Waals surface area contributed by atoms with E-state index < -0.39 is 17.9 Å². The molecule has 1 aromatic rings. The first-order valence-electron chi connectivity index (χ1n) is 6.97. The number of hydrogen-bond donors (Lipinski definition) is 2. The second kappa shape index (κ2) is 7.42. The fourth-order valence-electron chi connectivity index (χ4n) is 1.94. The highest BCUT2D eigenvalue weighted by Gasteiger charge is 2.19. The van der Waals surface area contributed by atoms with Crippen LogP contribution in [0.4, 0.5) is 0 Å². The van der Waals surface area contributed by atoms with E-state index in [4.69, 9.17) is 26.8 Å². The van der Waals surface area contributed by atoms with E-state index in [1.807, 2.05) is 0 Å². The molecule has 0 unspecified atom stereocenters. The molecule has 3 N–H and O–H groups in total. The third-order valence-electron chi connectivity index (χ3n) is 3.29. The van der Waals surface area contributed by atoms with Gasteiger partial charge in [-0.2, -0.15) is 0 Å². The summed E-state index contributed by atoms with van der Waals surface area (Å²) >= 11 is 6.10. The third-order valence-corrected chi connectivity index (χ3v) is 3.56. The zero-order chi connectivity index (χ0) is 16.1. The number of hydrogen-bond acceptors (Lipinski definition) is 5. The zero-order valence-electron chi connectivity index (χ0n) is 12.2. The van der Waals surface area contributed by atoms with E-state index in [-0.39, 0.29) is 22.6 Å². The first-order chi connectivity index (χ1) is 10.5. The summed E-state index contributed by atoms with van der Waals surface area (Å²) in [5.74, 6) is -0.807. The number of amides is 2. The lowest BCUT2D eigenvalue weighted by molar-refractivity contribution is -0.119. The lowest BCUT2D eigenvalue weighted by Crippen LogP contribution is -2.42. The van der Waals surface area contributed by atoms with Crippen molar-refractivity contribution in [1.82, 2.24) is 10.3 Å². The van der Waals surface area contributed by atoms with Gasteiger partial charge in [0.1, 0.15) is 17.2 Å². The lowest BCUT2D eigenvalue weighted by atomic mass is 10.1. The monoisotopic (exact) mass is 327 g/mol. The summed E-state index contributed by atoms with van der Waals surface area (Å²) in [7, 11) is 0. The Kier molecular flexibility index (Phi) is 5.57. The van der Waals surface area contributed by atoms with Gasteiger partial charge in [-0.15, -0.1) is 0 Å². The van der Waals surface area contributed by atoms with E-state index in [0.717, 1.165) is 12.8 Å². The Morgan fingerprint density at radius 3 is 2.77 bits per heavy atom. The summed E-state index contributed by atoms with van der Waals surface area (Å²) < 4.78 is 11.0. The van der Waals surface area contributed by atoms with Gasteiger partial charge in [-0.3, -0.25) is 9.59 Å². The van der Waals surface area contributed by atoms with Crippen LogP contribution in [-0.4, -0.2) is 42.2 Å². The molecule has 1 aliphatic rings. The average Bonchev–Trinajstić information content (AvgIpc) is 2.50. The minimum absolute atomic E-state index is 0.00769. The van der Waals surface area contributed by atoms with Crippen LogP contribution in [0, 0.1) is 0 Å². The van der Waals surface area contributed by atoms with Crippen LogP contribution in [0.25, 0.3) is 0 Å². The molecule has 1 aromatic heterocycles. The summed E-state index contributed by atoms with van der Waals surface area (Å²) in [6.07, 6.45) is 2.91. The molecule has 0 spiro atoms. The van der Waals surface area contributed by atoms with Crippen molar-refractivity contribution in [3.63, 3.8) is 0 Å². The van der Waals surface area contributed by atoms with Crippen LogP contribution in [0.15, 0.2) is 12.3 Å². The van der Waals surface area contributed by atoms with Crippen LogP contribution in [0.2, 0.25) is 5.02 Å². The molecule has 0 radical (unpaired) electrons. The third kappa shape index (κ3) is 4.32. The summed E-state index contributed by atoms with van der Waals surface area (Å²) in [5.41, 5.74) is 5.33. The van der Waals surface area contributed by atoms with Gasteiger partial charge in [-0.25, -0.2) is 4.98 Å². The van der Waals surface area contributed by atoms with Crippen LogP contribution < -0.4 is 15.8 Å². The highest BCUT2D eigenvalue weighted by molar-refractivity contribution is 6.32. The fraction of sp³-hybridized carbons (Fsp3) is 0.500. The standard InChI is InChI=1S/C14H18ClN3O4/c1-8(12(16)19)18-13(20)9-6-11(15)14(17-7-9)22-10-2-4-21-5-3-10/h6-8,10H,2-5H2,1H3,(H2,16,19)(H,18,20)/t8-/m1/s1. The predicted octanol–water partition coefficient (Wildman–Crippen LogP) is 0.896. The molecule has 8 heteroatoms. The molecular formula is C14H18ClN3O4. The zero-order valence-corrected chi connectivity index (χ0v) is 12.9. The van der Waals surface area contributed by atoms with Crippen molar-refractivity contribution >= 4 is 23.4 Å². The molecule has 1 atom stereocenters. The minimum Gasteiger partial charge on any atom is -0.473 e. The topological polar surface area (TPSA) is 104 Å². The van der Waals surface area contributed by atoms with E-state index >= 15 is 0 Å². The Morgan fingerprint density at radius 2 is 2.18 bits per heavy atom. The first kappa shape index (κ1) is 16.5. The van der Waals surface area contributed by atoms with E-state index in [0.29, 0.717) is 13.2 Å². The number of primary amides is 1. The highest BCUT2D eigenvalue weighted by Crippen LogP contribution is 2.25. The van der Waals surface area contributed by atoms with Crippen LogP contribution in [0.5, 0.6) is 5.88 Å². The first-order valence-corrected chi connectivity index (χ1v) is 7.35. The predicted molar refractivity (Wildman–Crippen MR) is 79.8 cm³/mol. The average molecular weight is 328 g/mol. The number of pyridine rings is 1. The Hall–Kier alpha value is -1.86. The van der Waals surface area contributed by atoms with Gasteiger partial charge in [-0.05, 0) is 13.0 Å². The Morgan fingerprint density at radius 1 is 1.50 bits per heavy atom. The second-order valence-electron chi connectivity index (χ2n) is 5.04. The quantitative estimate of drug-likeness (QED) is 0.836. The van der Waals surface area contributed by atoms with Crippen LogP contribution in [0.3, 0.4) is 0 Å². The number of rotatable bonds is 5. The molecule has 1 fully saturated rings. The Balaban J connectivity index is 2.02. The summed E-state index contributed by atoms with van der Waals surface area (Å²) in [4.78, 5) is 27.0. The normalized spacial score (nSPS) is 16.8. The van der Waals surface area contributed by atoms with Crippen molar-refractivity contribution in [2.75, 3.05) is 13.2 Å². The molecule has 0 aliphatic carbocycles. The number of carbonyl (C=O) groups excluding carboxylic acids is 2. The number of nitrogens with two attached hydrogens (primary N) is 1. The van der Waals surface area contributed by atoms with E-state index in [9.17, 15) is 9.59 Å². The molecule has 2 rings (SSSR count). The molecule has 22 heavy (non-hydrogen) atoms. The van der Waals surface area contributed by atoms with Crippen molar-refractivity contribution < 1.29 is 19.1 Å². The Labute approximate surface area is 133 Å². The highest BCUT2D eigenvalue weighted by atomic mass is 35.5. The second-order valence-corrected chi connectivity index (χ2v) is 5.45.